The van der Waals surface area contributed by atoms with Crippen LogP contribution >= 0.6 is 0 Å². The third kappa shape index (κ3) is 5.56. The quantitative estimate of drug-likeness (QED) is 0.775. The van der Waals surface area contributed by atoms with Gasteiger partial charge in [-0.1, -0.05) is 0 Å². The molecule has 0 saturated carbocycles. The van der Waals surface area contributed by atoms with Crippen molar-refractivity contribution in [1.82, 2.24) is 15.1 Å². The third-order valence-corrected chi connectivity index (χ3v) is 4.77. The number of hydrogen-bond donors (Lipinski definition) is 1. The summed E-state index contributed by atoms with van der Waals surface area (Å²) in [5, 5.41) is 2.73. The van der Waals surface area contributed by atoms with E-state index in [9.17, 15) is 14.0 Å². The van der Waals surface area contributed by atoms with Gasteiger partial charge in [-0.15, -0.1) is 0 Å². The molecule has 1 aromatic carbocycles. The summed E-state index contributed by atoms with van der Waals surface area (Å²) in [5.74, 6) is 0.0994. The summed E-state index contributed by atoms with van der Waals surface area (Å²) in [7, 11) is 1.63. The molecular formula is C20H25FN4O3. The maximum atomic E-state index is 13.0. The second-order valence-electron chi connectivity index (χ2n) is 6.85. The first-order valence-corrected chi connectivity index (χ1v) is 9.27. The molecule has 3 rings (SSSR count). The van der Waals surface area contributed by atoms with Crippen LogP contribution in [0.3, 0.4) is 0 Å². The molecule has 0 aliphatic carbocycles. The Balaban J connectivity index is 1.38. The van der Waals surface area contributed by atoms with Crippen LogP contribution < -0.4 is 10.2 Å². The molecule has 0 unspecified atom stereocenters. The number of furan rings is 1. The summed E-state index contributed by atoms with van der Waals surface area (Å²) in [6.07, 6.45) is 1.55. The maximum absolute atomic E-state index is 13.0. The second kappa shape index (κ2) is 9.36. The highest BCUT2D eigenvalue weighted by atomic mass is 19.1. The van der Waals surface area contributed by atoms with Crippen molar-refractivity contribution < 1.29 is 18.4 Å². The van der Waals surface area contributed by atoms with Crippen LogP contribution in [0.5, 0.6) is 0 Å². The molecule has 2 heterocycles. The summed E-state index contributed by atoms with van der Waals surface area (Å²) < 4.78 is 18.2. The number of anilines is 1. The summed E-state index contributed by atoms with van der Waals surface area (Å²) in [5.41, 5.74) is 0.984. The van der Waals surface area contributed by atoms with Crippen molar-refractivity contribution in [1.29, 1.82) is 0 Å². The summed E-state index contributed by atoms with van der Waals surface area (Å²) >= 11 is 0. The van der Waals surface area contributed by atoms with E-state index in [0.717, 1.165) is 31.9 Å². The van der Waals surface area contributed by atoms with Gasteiger partial charge in [0.2, 0.25) is 11.8 Å². The number of carbonyl (C=O) groups is 2. The van der Waals surface area contributed by atoms with Gasteiger partial charge in [0.25, 0.3) is 0 Å². The molecule has 1 fully saturated rings. The molecule has 1 aliphatic rings. The van der Waals surface area contributed by atoms with Crippen LogP contribution in [0, 0.1) is 5.82 Å². The smallest absolute Gasteiger partial charge is 0.239 e. The first-order valence-electron chi connectivity index (χ1n) is 9.27. The van der Waals surface area contributed by atoms with E-state index < -0.39 is 0 Å². The molecular weight excluding hydrogens is 363 g/mol. The Morgan fingerprint density at radius 2 is 1.86 bits per heavy atom. The first kappa shape index (κ1) is 19.9. The average Bonchev–Trinajstić information content (AvgIpc) is 3.21. The van der Waals surface area contributed by atoms with Crippen LogP contribution in [-0.2, 0) is 16.1 Å². The number of nitrogens with zero attached hydrogens (tertiary/aromatic N) is 3. The minimum Gasteiger partial charge on any atom is -0.467 e. The number of amides is 2. The van der Waals surface area contributed by atoms with Crippen LogP contribution in [-0.4, -0.2) is 67.9 Å². The molecule has 2 amide bonds. The standard InChI is InChI=1S/C20H25FN4O3/c1-23(14-19(26)22-13-18-3-2-12-28-18)20(27)15-24-8-10-25(11-9-24)17-6-4-16(21)5-7-17/h2-7,12H,8-11,13-15H2,1H3,(H,22,26). The van der Waals surface area contributed by atoms with Gasteiger partial charge >= 0.3 is 0 Å². The Hall–Kier alpha value is -2.87. The number of nitrogens with one attached hydrogen (secondary N) is 1. The lowest BCUT2D eigenvalue weighted by molar-refractivity contribution is -0.135. The lowest BCUT2D eigenvalue weighted by atomic mass is 10.2. The third-order valence-electron chi connectivity index (χ3n) is 4.77. The fourth-order valence-electron chi connectivity index (χ4n) is 3.09. The van der Waals surface area contributed by atoms with Gasteiger partial charge in [0.15, 0.2) is 0 Å². The van der Waals surface area contributed by atoms with Gasteiger partial charge in [-0.05, 0) is 36.4 Å². The van der Waals surface area contributed by atoms with Gasteiger partial charge in [-0.2, -0.15) is 0 Å². The molecule has 2 aromatic rings. The molecule has 28 heavy (non-hydrogen) atoms. The monoisotopic (exact) mass is 388 g/mol. The van der Waals surface area contributed by atoms with E-state index in [1.165, 1.54) is 17.0 Å². The molecule has 1 saturated heterocycles. The van der Waals surface area contributed by atoms with E-state index in [-0.39, 0.29) is 30.7 Å². The molecule has 8 heteroatoms. The zero-order valence-corrected chi connectivity index (χ0v) is 15.9. The number of hydrogen-bond acceptors (Lipinski definition) is 5. The van der Waals surface area contributed by atoms with Crippen LogP contribution in [0.25, 0.3) is 0 Å². The predicted octanol–water partition coefficient (Wildman–Crippen LogP) is 1.32. The average molecular weight is 388 g/mol. The Kier molecular flexibility index (Phi) is 6.65. The molecule has 0 radical (unpaired) electrons. The number of piperazine rings is 1. The summed E-state index contributed by atoms with van der Waals surface area (Å²) in [6, 6.07) is 9.98. The van der Waals surface area contributed by atoms with Gasteiger partial charge in [-0.3, -0.25) is 14.5 Å². The molecule has 0 bridgehead atoms. The van der Waals surface area contributed by atoms with Crippen molar-refractivity contribution in [3.63, 3.8) is 0 Å². The van der Waals surface area contributed by atoms with E-state index in [1.807, 2.05) is 0 Å². The fourth-order valence-corrected chi connectivity index (χ4v) is 3.09. The van der Waals surface area contributed by atoms with Crippen molar-refractivity contribution in [2.75, 3.05) is 51.2 Å². The molecule has 150 valence electrons. The SMILES string of the molecule is CN(CC(=O)NCc1ccco1)C(=O)CN1CCN(c2ccc(F)cc2)CC1. The van der Waals surface area contributed by atoms with Crippen LogP contribution in [0.15, 0.2) is 47.1 Å². The van der Waals surface area contributed by atoms with Crippen LogP contribution in [0.4, 0.5) is 10.1 Å². The van der Waals surface area contributed by atoms with E-state index >= 15 is 0 Å². The highest BCUT2D eigenvalue weighted by Crippen LogP contribution is 2.16. The van der Waals surface area contributed by atoms with Crippen molar-refractivity contribution in [2.45, 2.75) is 6.54 Å². The van der Waals surface area contributed by atoms with Gasteiger partial charge < -0.3 is 19.5 Å². The molecule has 1 aliphatic heterocycles. The zero-order valence-electron chi connectivity index (χ0n) is 15.9. The molecule has 0 atom stereocenters. The minimum absolute atomic E-state index is 0.00901. The zero-order chi connectivity index (χ0) is 19.9. The number of likely N-dealkylation sites (N-methyl/N-ethyl adjacent to an activating group) is 1. The van der Waals surface area contributed by atoms with Crippen molar-refractivity contribution in [2.24, 2.45) is 0 Å². The van der Waals surface area contributed by atoms with E-state index in [2.05, 4.69) is 15.1 Å². The highest BCUT2D eigenvalue weighted by molar-refractivity contribution is 5.85. The number of carbonyl (C=O) groups excluding carboxylic acids is 2. The lowest BCUT2D eigenvalue weighted by Gasteiger charge is -2.36. The maximum Gasteiger partial charge on any atom is 0.239 e. The number of rotatable bonds is 7. The Morgan fingerprint density at radius 1 is 1.14 bits per heavy atom. The lowest BCUT2D eigenvalue weighted by Crippen LogP contribution is -2.50. The summed E-state index contributed by atoms with van der Waals surface area (Å²) in [6.45, 7) is 3.61. The Morgan fingerprint density at radius 3 is 2.50 bits per heavy atom. The van der Waals surface area contributed by atoms with Gasteiger partial charge in [-0.25, -0.2) is 4.39 Å². The number of benzene rings is 1. The van der Waals surface area contributed by atoms with Gasteiger partial charge in [0.1, 0.15) is 11.6 Å². The van der Waals surface area contributed by atoms with Crippen LogP contribution in [0.2, 0.25) is 0 Å². The first-order chi connectivity index (χ1) is 13.5. The second-order valence-corrected chi connectivity index (χ2v) is 6.85. The normalized spacial score (nSPS) is 14.7. The van der Waals surface area contributed by atoms with Crippen molar-refractivity contribution >= 4 is 17.5 Å². The largest absolute Gasteiger partial charge is 0.467 e. The van der Waals surface area contributed by atoms with E-state index in [4.69, 9.17) is 4.42 Å². The van der Waals surface area contributed by atoms with E-state index in [1.54, 1.807) is 37.6 Å². The molecule has 1 N–H and O–H groups in total. The van der Waals surface area contributed by atoms with Gasteiger partial charge in [0, 0.05) is 38.9 Å². The highest BCUT2D eigenvalue weighted by Gasteiger charge is 2.21. The van der Waals surface area contributed by atoms with Gasteiger partial charge in [0.05, 0.1) is 25.9 Å². The molecule has 7 nitrogen and oxygen atoms in total. The Bertz CT molecular complexity index is 771. The topological polar surface area (TPSA) is 69.0 Å². The molecule has 1 aromatic heterocycles. The number of halogens is 1. The van der Waals surface area contributed by atoms with Crippen molar-refractivity contribution in [3.05, 3.63) is 54.2 Å². The predicted molar refractivity (Wildman–Crippen MR) is 103 cm³/mol. The fraction of sp³-hybridized carbons (Fsp3) is 0.400. The summed E-state index contributed by atoms with van der Waals surface area (Å²) in [4.78, 5) is 30.1. The van der Waals surface area contributed by atoms with Crippen molar-refractivity contribution in [3.8, 4) is 0 Å². The minimum atomic E-state index is -0.246. The molecule has 0 spiro atoms. The Labute approximate surface area is 163 Å². The van der Waals surface area contributed by atoms with E-state index in [0.29, 0.717) is 12.3 Å². The van der Waals surface area contributed by atoms with Crippen LogP contribution in [0.1, 0.15) is 5.76 Å².